The number of pyridine rings is 1. The predicted molar refractivity (Wildman–Crippen MR) is 67.6 cm³/mol. The molecular weight excluding hydrogens is 212 g/mol. The Morgan fingerprint density at radius 2 is 2.24 bits per heavy atom. The molecule has 90 valence electrons. The summed E-state index contributed by atoms with van der Waals surface area (Å²) in [5.41, 5.74) is 4.65. The maximum absolute atomic E-state index is 4.19. The van der Waals surface area contributed by atoms with Crippen LogP contribution in [0.3, 0.4) is 0 Å². The molecule has 0 aromatic carbocycles. The summed E-state index contributed by atoms with van der Waals surface area (Å²) in [7, 11) is 0. The lowest BCUT2D eigenvalue weighted by Gasteiger charge is -2.13. The van der Waals surface area contributed by atoms with E-state index < -0.39 is 0 Å². The smallest absolute Gasteiger partial charge is 0.0638 e. The summed E-state index contributed by atoms with van der Waals surface area (Å²) in [5.74, 6) is 0. The quantitative estimate of drug-likeness (QED) is 0.847. The van der Waals surface area contributed by atoms with Gasteiger partial charge in [-0.25, -0.2) is 0 Å². The van der Waals surface area contributed by atoms with E-state index in [9.17, 15) is 0 Å². The van der Waals surface area contributed by atoms with Gasteiger partial charge in [-0.1, -0.05) is 6.07 Å². The van der Waals surface area contributed by atoms with E-state index in [1.54, 1.807) is 6.20 Å². The van der Waals surface area contributed by atoms with E-state index in [0.29, 0.717) is 0 Å². The molecule has 0 aliphatic carbocycles. The predicted octanol–water partition coefficient (Wildman–Crippen LogP) is 2.27. The average Bonchev–Trinajstić information content (AvgIpc) is 2.67. The molecule has 0 radical (unpaired) electrons. The first kappa shape index (κ1) is 11.8. The monoisotopic (exact) mass is 230 g/mol. The molecule has 2 N–H and O–H groups in total. The Hall–Kier alpha value is -1.68. The summed E-state index contributed by atoms with van der Waals surface area (Å²) in [6, 6.07) is 4.33. The lowest BCUT2D eigenvalue weighted by Crippen LogP contribution is -2.18. The molecule has 0 saturated carbocycles. The molecule has 0 bridgehead atoms. The second-order valence-corrected chi connectivity index (χ2v) is 4.30. The first-order valence-corrected chi connectivity index (χ1v) is 5.82. The Labute approximate surface area is 101 Å². The van der Waals surface area contributed by atoms with Crippen LogP contribution in [0.1, 0.15) is 35.5 Å². The molecule has 4 nitrogen and oxygen atoms in total. The maximum atomic E-state index is 4.19. The van der Waals surface area contributed by atoms with E-state index in [2.05, 4.69) is 33.5 Å². The molecule has 0 spiro atoms. The summed E-state index contributed by atoms with van der Waals surface area (Å²) >= 11 is 0. The van der Waals surface area contributed by atoms with Crippen LogP contribution in [0, 0.1) is 13.8 Å². The number of aromatic amines is 1. The highest BCUT2D eigenvalue weighted by Gasteiger charge is 2.09. The van der Waals surface area contributed by atoms with Crippen molar-refractivity contribution in [3.8, 4) is 0 Å². The van der Waals surface area contributed by atoms with Crippen molar-refractivity contribution >= 4 is 0 Å². The molecule has 0 fully saturated rings. The number of H-pyrrole nitrogens is 1. The maximum Gasteiger partial charge on any atom is 0.0638 e. The number of nitrogens with zero attached hydrogens (tertiary/aromatic N) is 2. The van der Waals surface area contributed by atoms with Gasteiger partial charge in [0.2, 0.25) is 0 Å². The van der Waals surface area contributed by atoms with Crippen LogP contribution < -0.4 is 5.32 Å². The summed E-state index contributed by atoms with van der Waals surface area (Å²) in [5, 5.41) is 10.7. The summed E-state index contributed by atoms with van der Waals surface area (Å²) < 4.78 is 0. The van der Waals surface area contributed by atoms with E-state index in [-0.39, 0.29) is 6.04 Å². The molecule has 17 heavy (non-hydrogen) atoms. The van der Waals surface area contributed by atoms with Gasteiger partial charge < -0.3 is 5.32 Å². The van der Waals surface area contributed by atoms with Crippen LogP contribution in [-0.2, 0) is 6.54 Å². The molecule has 2 heterocycles. The highest BCUT2D eigenvalue weighted by molar-refractivity contribution is 5.23. The zero-order chi connectivity index (χ0) is 12.3. The Morgan fingerprint density at radius 3 is 2.82 bits per heavy atom. The first-order valence-electron chi connectivity index (χ1n) is 5.82. The number of rotatable bonds is 4. The Morgan fingerprint density at radius 1 is 1.41 bits per heavy atom. The normalized spacial score (nSPS) is 12.6. The highest BCUT2D eigenvalue weighted by Crippen LogP contribution is 2.13. The van der Waals surface area contributed by atoms with E-state index in [1.807, 2.05) is 26.1 Å². The molecule has 2 rings (SSSR count). The first-order chi connectivity index (χ1) is 8.18. The molecule has 0 unspecified atom stereocenters. The van der Waals surface area contributed by atoms with Crippen LogP contribution in [0.15, 0.2) is 24.5 Å². The van der Waals surface area contributed by atoms with E-state index in [0.717, 1.165) is 17.9 Å². The minimum Gasteiger partial charge on any atom is -0.306 e. The summed E-state index contributed by atoms with van der Waals surface area (Å²) in [6.45, 7) is 7.03. The van der Waals surface area contributed by atoms with Gasteiger partial charge in [0.25, 0.3) is 0 Å². The fourth-order valence-corrected chi connectivity index (χ4v) is 1.84. The molecule has 0 amide bonds. The van der Waals surface area contributed by atoms with Crippen LogP contribution in [0.5, 0.6) is 0 Å². The van der Waals surface area contributed by atoms with Gasteiger partial charge in [0, 0.05) is 36.2 Å². The van der Waals surface area contributed by atoms with Crippen LogP contribution >= 0.6 is 0 Å². The van der Waals surface area contributed by atoms with Gasteiger partial charge in [-0.3, -0.25) is 10.1 Å². The fourth-order valence-electron chi connectivity index (χ4n) is 1.84. The van der Waals surface area contributed by atoms with Crippen molar-refractivity contribution in [1.29, 1.82) is 0 Å². The number of aromatic nitrogens is 3. The van der Waals surface area contributed by atoms with Crippen LogP contribution in [0.4, 0.5) is 0 Å². The molecule has 1 atom stereocenters. The topological polar surface area (TPSA) is 53.6 Å². The third-order valence-corrected chi connectivity index (χ3v) is 3.05. The average molecular weight is 230 g/mol. The van der Waals surface area contributed by atoms with Crippen molar-refractivity contribution in [3.63, 3.8) is 0 Å². The molecule has 2 aromatic heterocycles. The minimum atomic E-state index is 0.289. The number of hydrogen-bond acceptors (Lipinski definition) is 3. The standard InChI is InChI=1S/C13H18N4/c1-9(12-5-4-6-14-7-12)15-8-13-10(2)16-17-11(13)3/h4-7,9,15H,8H2,1-3H3,(H,16,17)/t9-/m0/s1. The van der Waals surface area contributed by atoms with Crippen molar-refractivity contribution < 1.29 is 0 Å². The second kappa shape index (κ2) is 5.10. The summed E-state index contributed by atoms with van der Waals surface area (Å²) in [4.78, 5) is 4.13. The number of nitrogens with one attached hydrogen (secondary N) is 2. The Balaban J connectivity index is 1.99. The molecule has 2 aromatic rings. The van der Waals surface area contributed by atoms with Crippen molar-refractivity contribution in [2.24, 2.45) is 0 Å². The molecule has 0 aliphatic heterocycles. The Bertz CT molecular complexity index is 456. The number of hydrogen-bond donors (Lipinski definition) is 2. The van der Waals surface area contributed by atoms with Gasteiger partial charge in [-0.15, -0.1) is 0 Å². The third-order valence-electron chi connectivity index (χ3n) is 3.05. The van der Waals surface area contributed by atoms with Gasteiger partial charge in [-0.2, -0.15) is 5.10 Å². The molecule has 0 saturated heterocycles. The van der Waals surface area contributed by atoms with Gasteiger partial charge in [0.1, 0.15) is 0 Å². The van der Waals surface area contributed by atoms with Crippen molar-refractivity contribution in [3.05, 3.63) is 47.0 Å². The Kier molecular flexibility index (Phi) is 3.54. The third kappa shape index (κ3) is 2.71. The van der Waals surface area contributed by atoms with E-state index in [4.69, 9.17) is 0 Å². The van der Waals surface area contributed by atoms with Crippen LogP contribution in [0.2, 0.25) is 0 Å². The van der Waals surface area contributed by atoms with Crippen molar-refractivity contribution in [2.75, 3.05) is 0 Å². The minimum absolute atomic E-state index is 0.289. The van der Waals surface area contributed by atoms with Gasteiger partial charge in [-0.05, 0) is 32.4 Å². The van der Waals surface area contributed by atoms with Gasteiger partial charge in [0.05, 0.1) is 5.69 Å². The second-order valence-electron chi connectivity index (χ2n) is 4.30. The zero-order valence-electron chi connectivity index (χ0n) is 10.5. The fraction of sp³-hybridized carbons (Fsp3) is 0.385. The molecule has 4 heteroatoms. The zero-order valence-corrected chi connectivity index (χ0v) is 10.5. The van der Waals surface area contributed by atoms with E-state index >= 15 is 0 Å². The van der Waals surface area contributed by atoms with Crippen molar-refractivity contribution in [1.82, 2.24) is 20.5 Å². The highest BCUT2D eigenvalue weighted by atomic mass is 15.1. The number of aryl methyl sites for hydroxylation is 2. The molecular formula is C13H18N4. The van der Waals surface area contributed by atoms with Crippen molar-refractivity contribution in [2.45, 2.75) is 33.4 Å². The van der Waals surface area contributed by atoms with Crippen LogP contribution in [-0.4, -0.2) is 15.2 Å². The van der Waals surface area contributed by atoms with Crippen LogP contribution in [0.25, 0.3) is 0 Å². The molecule has 0 aliphatic rings. The SMILES string of the molecule is Cc1n[nH]c(C)c1CN[C@@H](C)c1cccnc1. The lowest BCUT2D eigenvalue weighted by molar-refractivity contribution is 0.570. The summed E-state index contributed by atoms with van der Waals surface area (Å²) in [6.07, 6.45) is 3.69. The lowest BCUT2D eigenvalue weighted by atomic mass is 10.1. The largest absolute Gasteiger partial charge is 0.306 e. The van der Waals surface area contributed by atoms with E-state index in [1.165, 1.54) is 11.1 Å². The van der Waals surface area contributed by atoms with Gasteiger partial charge in [0.15, 0.2) is 0 Å². The van der Waals surface area contributed by atoms with Gasteiger partial charge >= 0.3 is 0 Å².